The summed E-state index contributed by atoms with van der Waals surface area (Å²) in [5, 5.41) is 6.57. The highest BCUT2D eigenvalue weighted by molar-refractivity contribution is 7.99. The molecule has 0 aromatic carbocycles. The second-order valence-electron chi connectivity index (χ2n) is 7.48. The highest BCUT2D eigenvalue weighted by Gasteiger charge is 2.38. The summed E-state index contributed by atoms with van der Waals surface area (Å²) in [5.41, 5.74) is 6.07. The number of thioether (sulfide) groups is 1. The van der Waals surface area contributed by atoms with Crippen molar-refractivity contribution in [3.05, 3.63) is 11.4 Å². The summed E-state index contributed by atoms with van der Waals surface area (Å²) in [6.45, 7) is 4.20. The van der Waals surface area contributed by atoms with Crippen molar-refractivity contribution in [1.82, 2.24) is 20.2 Å². The number of nitrogens with one attached hydrogen (secondary N) is 1. The standard InChI is InChI=1S/C19H27N5O2S2/c20-16-14-4-11-27-17(14)23-18(22-16)28-12-15(25)21-13-19(5-2-1-3-6-19)24-7-9-26-10-8-24/h4,11H,1-3,5-10,12-13H2,(H,21,25)(H2,20,22,23). The first-order chi connectivity index (χ1) is 13.7. The predicted molar refractivity (Wildman–Crippen MR) is 114 cm³/mol. The van der Waals surface area contributed by atoms with E-state index in [9.17, 15) is 4.79 Å². The molecule has 3 heterocycles. The van der Waals surface area contributed by atoms with Crippen molar-refractivity contribution in [2.24, 2.45) is 0 Å². The molecule has 2 aromatic heterocycles. The number of carbonyl (C=O) groups is 1. The van der Waals surface area contributed by atoms with E-state index in [0.29, 0.717) is 23.3 Å². The normalized spacial score (nSPS) is 20.3. The van der Waals surface area contributed by atoms with Crippen LogP contribution in [0.1, 0.15) is 32.1 Å². The van der Waals surface area contributed by atoms with E-state index in [0.717, 1.165) is 49.4 Å². The van der Waals surface area contributed by atoms with Crippen LogP contribution in [0.2, 0.25) is 0 Å². The Morgan fingerprint density at radius 2 is 2.07 bits per heavy atom. The summed E-state index contributed by atoms with van der Waals surface area (Å²) in [5.74, 6) is 0.800. The maximum absolute atomic E-state index is 12.5. The molecule has 0 spiro atoms. The molecule has 152 valence electrons. The van der Waals surface area contributed by atoms with Gasteiger partial charge in [-0.05, 0) is 24.3 Å². The van der Waals surface area contributed by atoms with E-state index in [4.69, 9.17) is 10.5 Å². The zero-order chi connectivity index (χ0) is 19.4. The topological polar surface area (TPSA) is 93.4 Å². The number of anilines is 1. The number of morpholine rings is 1. The monoisotopic (exact) mass is 421 g/mol. The molecule has 3 N–H and O–H groups in total. The van der Waals surface area contributed by atoms with Crippen LogP contribution in [0.3, 0.4) is 0 Å². The van der Waals surface area contributed by atoms with Gasteiger partial charge in [-0.2, -0.15) is 0 Å². The largest absolute Gasteiger partial charge is 0.383 e. The molecule has 0 unspecified atom stereocenters. The molecular weight excluding hydrogens is 394 g/mol. The SMILES string of the molecule is Nc1nc(SCC(=O)NCC2(N3CCOCC3)CCCCC2)nc2sccc12. The van der Waals surface area contributed by atoms with Crippen LogP contribution in [0.15, 0.2) is 16.6 Å². The molecule has 0 bridgehead atoms. The van der Waals surface area contributed by atoms with Crippen molar-refractivity contribution in [1.29, 1.82) is 0 Å². The fourth-order valence-corrected chi connectivity index (χ4v) is 5.73. The van der Waals surface area contributed by atoms with Crippen molar-refractivity contribution >= 4 is 45.0 Å². The van der Waals surface area contributed by atoms with Crippen LogP contribution in [-0.4, -0.2) is 64.9 Å². The lowest BCUT2D eigenvalue weighted by atomic mass is 9.79. The number of nitrogen functional groups attached to an aromatic ring is 1. The van der Waals surface area contributed by atoms with Gasteiger partial charge in [-0.15, -0.1) is 11.3 Å². The molecule has 1 saturated carbocycles. The number of hydrogen-bond donors (Lipinski definition) is 2. The average molecular weight is 422 g/mol. The lowest BCUT2D eigenvalue weighted by Gasteiger charge is -2.48. The second-order valence-corrected chi connectivity index (χ2v) is 9.32. The minimum atomic E-state index is 0.0247. The van der Waals surface area contributed by atoms with Crippen molar-refractivity contribution in [2.45, 2.75) is 42.8 Å². The molecule has 7 nitrogen and oxygen atoms in total. The Bertz CT molecular complexity index is 816. The van der Waals surface area contributed by atoms with Crippen molar-refractivity contribution in [3.8, 4) is 0 Å². The summed E-state index contributed by atoms with van der Waals surface area (Å²) in [7, 11) is 0. The summed E-state index contributed by atoms with van der Waals surface area (Å²) in [4.78, 5) is 24.7. The average Bonchev–Trinajstić information content (AvgIpc) is 3.21. The van der Waals surface area contributed by atoms with Gasteiger partial charge in [0.1, 0.15) is 10.6 Å². The number of carbonyl (C=O) groups excluding carboxylic acids is 1. The zero-order valence-electron chi connectivity index (χ0n) is 16.0. The molecule has 0 atom stereocenters. The van der Waals surface area contributed by atoms with E-state index in [-0.39, 0.29) is 11.4 Å². The third kappa shape index (κ3) is 4.42. The van der Waals surface area contributed by atoms with Gasteiger partial charge in [0.25, 0.3) is 0 Å². The van der Waals surface area contributed by atoms with Crippen LogP contribution in [-0.2, 0) is 9.53 Å². The molecular formula is C19H27N5O2S2. The van der Waals surface area contributed by atoms with Crippen LogP contribution in [0.5, 0.6) is 0 Å². The van der Waals surface area contributed by atoms with Crippen LogP contribution < -0.4 is 11.1 Å². The van der Waals surface area contributed by atoms with E-state index < -0.39 is 0 Å². The molecule has 1 aliphatic heterocycles. The van der Waals surface area contributed by atoms with Gasteiger partial charge in [-0.25, -0.2) is 9.97 Å². The Hall–Kier alpha value is -1.42. The Morgan fingerprint density at radius 1 is 1.29 bits per heavy atom. The number of fused-ring (bicyclic) bond motifs is 1. The number of ether oxygens (including phenoxy) is 1. The molecule has 2 aromatic rings. The summed E-state index contributed by atoms with van der Waals surface area (Å²) in [6, 6.07) is 1.92. The first-order valence-corrected chi connectivity index (χ1v) is 11.8. The van der Waals surface area contributed by atoms with Gasteiger partial charge in [0.15, 0.2) is 5.16 Å². The number of hydrogen-bond acceptors (Lipinski definition) is 8. The summed E-state index contributed by atoms with van der Waals surface area (Å²) >= 11 is 2.87. The van der Waals surface area contributed by atoms with Crippen molar-refractivity contribution < 1.29 is 9.53 Å². The van der Waals surface area contributed by atoms with Gasteiger partial charge in [-0.3, -0.25) is 9.69 Å². The van der Waals surface area contributed by atoms with Gasteiger partial charge < -0.3 is 15.8 Å². The number of nitrogens with two attached hydrogens (primary N) is 1. The third-order valence-electron chi connectivity index (χ3n) is 5.75. The zero-order valence-corrected chi connectivity index (χ0v) is 17.6. The molecule has 1 amide bonds. The van der Waals surface area contributed by atoms with Gasteiger partial charge in [0.2, 0.25) is 5.91 Å². The number of amides is 1. The van der Waals surface area contributed by atoms with Gasteiger partial charge >= 0.3 is 0 Å². The predicted octanol–water partition coefficient (Wildman–Crippen LogP) is 2.52. The fraction of sp³-hybridized carbons (Fsp3) is 0.632. The lowest BCUT2D eigenvalue weighted by molar-refractivity contribution is -0.119. The Balaban J connectivity index is 1.34. The lowest BCUT2D eigenvalue weighted by Crippen LogP contribution is -2.59. The number of nitrogens with zero attached hydrogens (tertiary/aromatic N) is 3. The first kappa shape index (κ1) is 19.9. The molecule has 2 fully saturated rings. The van der Waals surface area contributed by atoms with Crippen LogP contribution in [0.4, 0.5) is 5.82 Å². The van der Waals surface area contributed by atoms with E-state index in [1.54, 1.807) is 0 Å². The van der Waals surface area contributed by atoms with Crippen LogP contribution in [0, 0.1) is 0 Å². The molecule has 4 rings (SSSR count). The van der Waals surface area contributed by atoms with Gasteiger partial charge in [-0.1, -0.05) is 31.0 Å². The third-order valence-corrected chi connectivity index (χ3v) is 7.40. The summed E-state index contributed by atoms with van der Waals surface area (Å²) in [6.07, 6.45) is 6.05. The van der Waals surface area contributed by atoms with E-state index in [1.165, 1.54) is 42.4 Å². The van der Waals surface area contributed by atoms with E-state index in [1.807, 2.05) is 11.4 Å². The highest BCUT2D eigenvalue weighted by Crippen LogP contribution is 2.34. The quantitative estimate of drug-likeness (QED) is 0.547. The minimum absolute atomic E-state index is 0.0247. The Kier molecular flexibility index (Phi) is 6.35. The molecule has 0 radical (unpaired) electrons. The van der Waals surface area contributed by atoms with Crippen molar-refractivity contribution in [3.63, 3.8) is 0 Å². The first-order valence-electron chi connectivity index (χ1n) is 9.89. The Morgan fingerprint density at radius 3 is 2.86 bits per heavy atom. The second kappa shape index (κ2) is 8.94. The van der Waals surface area contributed by atoms with Crippen LogP contribution in [0.25, 0.3) is 10.2 Å². The van der Waals surface area contributed by atoms with Gasteiger partial charge in [0, 0.05) is 25.2 Å². The smallest absolute Gasteiger partial charge is 0.230 e. The summed E-state index contributed by atoms with van der Waals surface area (Å²) < 4.78 is 5.53. The fourth-order valence-electron chi connectivity index (χ4n) is 4.22. The molecule has 1 saturated heterocycles. The molecule has 2 aliphatic rings. The molecule has 9 heteroatoms. The maximum atomic E-state index is 12.5. The van der Waals surface area contributed by atoms with Gasteiger partial charge in [0.05, 0.1) is 24.4 Å². The highest BCUT2D eigenvalue weighted by atomic mass is 32.2. The van der Waals surface area contributed by atoms with E-state index >= 15 is 0 Å². The van der Waals surface area contributed by atoms with Crippen molar-refractivity contribution in [2.75, 3.05) is 44.3 Å². The molecule has 28 heavy (non-hydrogen) atoms. The Labute approximate surface area is 173 Å². The van der Waals surface area contributed by atoms with Crippen LogP contribution >= 0.6 is 23.1 Å². The number of aromatic nitrogens is 2. The number of thiophene rings is 1. The molecule has 1 aliphatic carbocycles. The minimum Gasteiger partial charge on any atom is -0.383 e. The number of rotatable bonds is 6. The maximum Gasteiger partial charge on any atom is 0.230 e. The van der Waals surface area contributed by atoms with E-state index in [2.05, 4.69) is 20.2 Å².